The Labute approximate surface area is 215 Å². The molecule has 194 valence electrons. The third-order valence-corrected chi connectivity index (χ3v) is 6.65. The van der Waals surface area contributed by atoms with Crippen molar-refractivity contribution < 1.29 is 28.5 Å². The Hall–Kier alpha value is -4.26. The van der Waals surface area contributed by atoms with Crippen LogP contribution in [0.4, 0.5) is 5.88 Å². The first-order valence-corrected chi connectivity index (χ1v) is 12.5. The number of likely N-dealkylation sites (tertiary alicyclic amines) is 1. The quantitative estimate of drug-likeness (QED) is 0.349. The summed E-state index contributed by atoms with van der Waals surface area (Å²) in [7, 11) is 0. The van der Waals surface area contributed by atoms with E-state index in [1.165, 1.54) is 11.3 Å². The Morgan fingerprint density at radius 1 is 1.11 bits per heavy atom. The van der Waals surface area contributed by atoms with Crippen LogP contribution in [0.5, 0.6) is 5.75 Å². The molecule has 2 N–H and O–H groups in total. The maximum Gasteiger partial charge on any atom is 0.433 e. The van der Waals surface area contributed by atoms with Crippen molar-refractivity contribution in [2.75, 3.05) is 13.1 Å². The molecule has 0 aliphatic carbocycles. The van der Waals surface area contributed by atoms with Crippen LogP contribution >= 0.6 is 11.3 Å². The van der Waals surface area contributed by atoms with E-state index in [0.717, 1.165) is 22.9 Å². The minimum Gasteiger partial charge on any atom is -0.491 e. The number of rotatable bonds is 7. The van der Waals surface area contributed by atoms with Gasteiger partial charge >= 0.3 is 11.8 Å². The lowest BCUT2D eigenvalue weighted by Crippen LogP contribution is -2.41. The van der Waals surface area contributed by atoms with Crippen molar-refractivity contribution in [3.63, 3.8) is 0 Å². The third kappa shape index (κ3) is 6.30. The fraction of sp³-hybridized carbons (Fsp3) is 0.333. The number of nitrogens with one attached hydrogen (secondary N) is 2. The van der Waals surface area contributed by atoms with Crippen molar-refractivity contribution in [3.8, 4) is 5.75 Å². The van der Waals surface area contributed by atoms with Gasteiger partial charge in [0.1, 0.15) is 16.4 Å². The number of amides is 3. The Morgan fingerprint density at radius 2 is 1.78 bits per heavy atom. The molecule has 1 fully saturated rings. The minimum absolute atomic E-state index is 0.0358. The van der Waals surface area contributed by atoms with E-state index in [2.05, 4.69) is 15.8 Å². The number of piperidine rings is 1. The van der Waals surface area contributed by atoms with Crippen LogP contribution in [0.1, 0.15) is 69.0 Å². The molecule has 37 heavy (non-hydrogen) atoms. The SMILES string of the molecule is CC(C)Oc1ccc(C(=O)N2CCC(c3nc(C(=O)NNC(=O)c4ccc([N+](=O)[O-])o4)cs3)CC2)cc1. The number of benzene rings is 1. The second-order valence-electron chi connectivity index (χ2n) is 8.63. The first-order valence-electron chi connectivity index (χ1n) is 11.6. The van der Waals surface area contributed by atoms with E-state index in [4.69, 9.17) is 9.15 Å². The maximum atomic E-state index is 12.9. The van der Waals surface area contributed by atoms with Gasteiger partial charge in [-0.2, -0.15) is 0 Å². The fourth-order valence-corrected chi connectivity index (χ4v) is 4.80. The summed E-state index contributed by atoms with van der Waals surface area (Å²) < 4.78 is 10.4. The predicted octanol–water partition coefficient (Wildman–Crippen LogP) is 3.53. The molecule has 1 aliphatic rings. The van der Waals surface area contributed by atoms with Gasteiger partial charge in [-0.25, -0.2) is 4.98 Å². The molecule has 3 aromatic rings. The number of hydrazine groups is 1. The molecule has 0 unspecified atom stereocenters. The summed E-state index contributed by atoms with van der Waals surface area (Å²) in [5, 5.41) is 13.0. The molecule has 3 amide bonds. The zero-order valence-electron chi connectivity index (χ0n) is 20.1. The number of furan rings is 1. The van der Waals surface area contributed by atoms with Crippen molar-refractivity contribution in [2.45, 2.75) is 38.7 Å². The Kier molecular flexibility index (Phi) is 7.82. The number of ether oxygens (including phenoxy) is 1. The van der Waals surface area contributed by atoms with Crippen LogP contribution in [0, 0.1) is 10.1 Å². The number of aromatic nitrogens is 1. The molecule has 13 heteroatoms. The number of nitro groups is 1. The molecule has 2 aromatic heterocycles. The molecule has 0 spiro atoms. The van der Waals surface area contributed by atoms with Crippen LogP contribution in [-0.4, -0.2) is 51.7 Å². The molecular formula is C24H25N5O7S. The van der Waals surface area contributed by atoms with E-state index in [0.29, 0.717) is 31.5 Å². The van der Waals surface area contributed by atoms with E-state index >= 15 is 0 Å². The molecule has 1 aliphatic heterocycles. The Morgan fingerprint density at radius 3 is 2.41 bits per heavy atom. The van der Waals surface area contributed by atoms with Crippen molar-refractivity contribution in [1.29, 1.82) is 0 Å². The second-order valence-corrected chi connectivity index (χ2v) is 9.52. The van der Waals surface area contributed by atoms with Crippen LogP contribution in [0.25, 0.3) is 0 Å². The highest BCUT2D eigenvalue weighted by molar-refractivity contribution is 7.09. The summed E-state index contributed by atoms with van der Waals surface area (Å²) in [5.41, 5.74) is 5.10. The van der Waals surface area contributed by atoms with Crippen LogP contribution in [0.2, 0.25) is 0 Å². The van der Waals surface area contributed by atoms with Crippen LogP contribution < -0.4 is 15.6 Å². The number of thiazole rings is 1. The van der Waals surface area contributed by atoms with Crippen molar-refractivity contribution >= 4 is 34.9 Å². The van der Waals surface area contributed by atoms with Crippen molar-refractivity contribution in [1.82, 2.24) is 20.7 Å². The van der Waals surface area contributed by atoms with Crippen molar-refractivity contribution in [3.05, 3.63) is 73.9 Å². The van der Waals surface area contributed by atoms with Gasteiger partial charge in [-0.1, -0.05) is 0 Å². The van der Waals surface area contributed by atoms with Gasteiger partial charge in [-0.15, -0.1) is 11.3 Å². The predicted molar refractivity (Wildman–Crippen MR) is 132 cm³/mol. The van der Waals surface area contributed by atoms with E-state index in [1.807, 2.05) is 18.7 Å². The number of carbonyl (C=O) groups is 3. The number of hydrogen-bond donors (Lipinski definition) is 2. The van der Waals surface area contributed by atoms with Crippen LogP contribution in [-0.2, 0) is 0 Å². The van der Waals surface area contributed by atoms with Gasteiger partial charge in [-0.3, -0.25) is 35.3 Å². The zero-order chi connectivity index (χ0) is 26.5. The maximum absolute atomic E-state index is 12.9. The topological polar surface area (TPSA) is 157 Å². The van der Waals surface area contributed by atoms with Gasteiger partial charge < -0.3 is 14.1 Å². The van der Waals surface area contributed by atoms with Gasteiger partial charge in [0.05, 0.1) is 17.2 Å². The smallest absolute Gasteiger partial charge is 0.433 e. The highest BCUT2D eigenvalue weighted by Crippen LogP contribution is 2.31. The van der Waals surface area contributed by atoms with Gasteiger partial charge in [0, 0.05) is 30.0 Å². The summed E-state index contributed by atoms with van der Waals surface area (Å²) in [6, 6.07) is 9.30. The van der Waals surface area contributed by atoms with Gasteiger partial charge in [0.25, 0.3) is 11.8 Å². The van der Waals surface area contributed by atoms with Gasteiger partial charge in [0.2, 0.25) is 5.76 Å². The van der Waals surface area contributed by atoms with Crippen LogP contribution in [0.15, 0.2) is 46.2 Å². The fourth-order valence-electron chi connectivity index (χ4n) is 3.83. The first kappa shape index (κ1) is 25.8. The zero-order valence-corrected chi connectivity index (χ0v) is 20.9. The lowest BCUT2D eigenvalue weighted by molar-refractivity contribution is -0.402. The summed E-state index contributed by atoms with van der Waals surface area (Å²) in [6.07, 6.45) is 1.48. The normalized spacial score (nSPS) is 13.9. The molecule has 0 radical (unpaired) electrons. The molecule has 0 atom stereocenters. The summed E-state index contributed by atoms with van der Waals surface area (Å²) in [5.74, 6) is -1.57. The number of nitrogens with zero attached hydrogens (tertiary/aromatic N) is 3. The molecule has 3 heterocycles. The van der Waals surface area contributed by atoms with E-state index < -0.39 is 22.6 Å². The van der Waals surface area contributed by atoms with E-state index in [9.17, 15) is 24.5 Å². The largest absolute Gasteiger partial charge is 0.491 e. The molecule has 4 rings (SSSR count). The Bertz CT molecular complexity index is 1290. The molecule has 12 nitrogen and oxygen atoms in total. The standard InChI is InChI=1S/C24H25N5O7S/c1-14(2)35-17-5-3-16(4-6-17)24(32)28-11-9-15(10-12-28)23-25-18(13-37-23)21(30)26-27-22(31)19-7-8-20(36-19)29(33)34/h3-8,13-15H,9-12H2,1-2H3,(H,26,30)(H,27,31). The minimum atomic E-state index is -0.837. The van der Waals surface area contributed by atoms with E-state index in [1.54, 1.807) is 29.6 Å². The van der Waals surface area contributed by atoms with Gasteiger partial charge in [0.15, 0.2) is 0 Å². The third-order valence-electron chi connectivity index (χ3n) is 5.64. The average Bonchev–Trinajstić information content (AvgIpc) is 3.58. The number of hydrogen-bond acceptors (Lipinski definition) is 9. The first-order chi connectivity index (χ1) is 17.7. The van der Waals surface area contributed by atoms with E-state index in [-0.39, 0.29) is 29.4 Å². The summed E-state index contributed by atoms with van der Waals surface area (Å²) >= 11 is 1.34. The monoisotopic (exact) mass is 527 g/mol. The molecule has 0 bridgehead atoms. The number of carbonyl (C=O) groups excluding carboxylic acids is 3. The highest BCUT2D eigenvalue weighted by atomic mass is 32.1. The summed E-state index contributed by atoms with van der Waals surface area (Å²) in [6.45, 7) is 5.03. The highest BCUT2D eigenvalue weighted by Gasteiger charge is 2.27. The summed E-state index contributed by atoms with van der Waals surface area (Å²) in [4.78, 5) is 53.4. The Balaban J connectivity index is 1.27. The molecule has 0 saturated carbocycles. The lowest BCUT2D eigenvalue weighted by Gasteiger charge is -2.31. The molecule has 1 saturated heterocycles. The average molecular weight is 528 g/mol. The molecule has 1 aromatic carbocycles. The lowest BCUT2D eigenvalue weighted by atomic mass is 9.97. The second kappa shape index (κ2) is 11.2. The van der Waals surface area contributed by atoms with Crippen molar-refractivity contribution in [2.24, 2.45) is 0 Å². The van der Waals surface area contributed by atoms with Gasteiger partial charge in [-0.05, 0) is 57.0 Å². The molecular weight excluding hydrogens is 502 g/mol. The van der Waals surface area contributed by atoms with Crippen LogP contribution in [0.3, 0.4) is 0 Å².